The minimum atomic E-state index is -0.115. The number of aryl methyl sites for hydroxylation is 1. The topological polar surface area (TPSA) is 83.4 Å². The molecular formula is C25H24N4O3. The minimum Gasteiger partial charge on any atom is -0.506 e. The Hall–Kier alpha value is -4.00. The summed E-state index contributed by atoms with van der Waals surface area (Å²) in [4.78, 5) is 22.8. The van der Waals surface area contributed by atoms with Crippen molar-refractivity contribution in [2.45, 2.75) is 13.5 Å². The van der Waals surface area contributed by atoms with Gasteiger partial charge in [-0.05, 0) is 54.4 Å². The number of imidazole rings is 1. The number of fused-ring (bicyclic) bond motifs is 2. The van der Waals surface area contributed by atoms with Crippen LogP contribution in [0, 0.1) is 6.92 Å². The number of carbonyl (C=O) groups excluding carboxylic acids is 1. The van der Waals surface area contributed by atoms with E-state index in [1.807, 2.05) is 25.1 Å². The van der Waals surface area contributed by atoms with Crippen LogP contribution >= 0.6 is 0 Å². The van der Waals surface area contributed by atoms with Gasteiger partial charge in [0.25, 0.3) is 5.91 Å². The van der Waals surface area contributed by atoms with Crippen LogP contribution in [0.5, 0.6) is 5.75 Å². The van der Waals surface area contributed by atoms with Gasteiger partial charge in [0, 0.05) is 19.2 Å². The number of rotatable bonds is 3. The van der Waals surface area contributed by atoms with Crippen LogP contribution in [-0.4, -0.2) is 43.6 Å². The van der Waals surface area contributed by atoms with Gasteiger partial charge < -0.3 is 24.3 Å². The van der Waals surface area contributed by atoms with Crippen molar-refractivity contribution < 1.29 is 14.6 Å². The SMILES string of the molecule is C=C(O)c1ccc(C(=O)N2CCOc3ccc(-c4ccc5nc(C)[nH]c5c4)cc3C2)n1C. The Labute approximate surface area is 185 Å². The first kappa shape index (κ1) is 19.9. The maximum absolute atomic E-state index is 13.2. The number of aromatic nitrogens is 3. The molecule has 7 nitrogen and oxygen atoms in total. The van der Waals surface area contributed by atoms with Crippen LogP contribution in [0.3, 0.4) is 0 Å². The molecule has 4 aromatic rings. The predicted octanol–water partition coefficient (Wildman–Crippen LogP) is 4.44. The molecule has 0 atom stereocenters. The molecule has 2 aromatic carbocycles. The molecule has 162 valence electrons. The molecule has 0 saturated carbocycles. The smallest absolute Gasteiger partial charge is 0.270 e. The molecule has 0 bridgehead atoms. The van der Waals surface area contributed by atoms with Crippen LogP contribution in [0.1, 0.15) is 27.6 Å². The van der Waals surface area contributed by atoms with Crippen molar-refractivity contribution in [3.05, 3.63) is 77.9 Å². The van der Waals surface area contributed by atoms with Crippen molar-refractivity contribution in [3.8, 4) is 16.9 Å². The van der Waals surface area contributed by atoms with Crippen molar-refractivity contribution in [1.82, 2.24) is 19.4 Å². The average molecular weight is 428 g/mol. The summed E-state index contributed by atoms with van der Waals surface area (Å²) in [6.45, 7) is 6.83. The van der Waals surface area contributed by atoms with E-state index in [0.29, 0.717) is 31.1 Å². The monoisotopic (exact) mass is 428 g/mol. The zero-order chi connectivity index (χ0) is 22.4. The van der Waals surface area contributed by atoms with Gasteiger partial charge in [0.2, 0.25) is 0 Å². The summed E-state index contributed by atoms with van der Waals surface area (Å²) in [5.41, 5.74) is 6.02. The summed E-state index contributed by atoms with van der Waals surface area (Å²) in [5.74, 6) is 1.50. The highest BCUT2D eigenvalue weighted by Crippen LogP contribution is 2.31. The van der Waals surface area contributed by atoms with E-state index in [2.05, 4.69) is 34.7 Å². The Balaban J connectivity index is 1.46. The number of H-pyrrole nitrogens is 1. The number of hydrogen-bond donors (Lipinski definition) is 2. The Bertz CT molecular complexity index is 1370. The van der Waals surface area contributed by atoms with Crippen molar-refractivity contribution in [2.24, 2.45) is 7.05 Å². The number of aromatic amines is 1. The van der Waals surface area contributed by atoms with Crippen LogP contribution in [-0.2, 0) is 13.6 Å². The van der Waals surface area contributed by atoms with Crippen LogP contribution in [0.15, 0.2) is 55.1 Å². The lowest BCUT2D eigenvalue weighted by Gasteiger charge is -2.20. The Morgan fingerprint density at radius 3 is 2.66 bits per heavy atom. The summed E-state index contributed by atoms with van der Waals surface area (Å²) < 4.78 is 7.59. The normalized spacial score (nSPS) is 13.5. The van der Waals surface area contributed by atoms with Gasteiger partial charge in [0.1, 0.15) is 29.6 Å². The Morgan fingerprint density at radius 1 is 1.12 bits per heavy atom. The number of nitrogens with one attached hydrogen (secondary N) is 1. The lowest BCUT2D eigenvalue weighted by atomic mass is 10.0. The molecule has 0 spiro atoms. The van der Waals surface area contributed by atoms with Crippen LogP contribution in [0.2, 0.25) is 0 Å². The fraction of sp³-hybridized carbons (Fsp3) is 0.200. The van der Waals surface area contributed by atoms with Gasteiger partial charge in [0.15, 0.2) is 0 Å². The molecule has 5 rings (SSSR count). The second kappa shape index (κ2) is 7.60. The fourth-order valence-electron chi connectivity index (χ4n) is 4.24. The van der Waals surface area contributed by atoms with Crippen LogP contribution < -0.4 is 4.74 Å². The van der Waals surface area contributed by atoms with Gasteiger partial charge in [-0.2, -0.15) is 0 Å². The number of benzene rings is 2. The van der Waals surface area contributed by atoms with Crippen molar-refractivity contribution in [1.29, 1.82) is 0 Å². The highest BCUT2D eigenvalue weighted by molar-refractivity contribution is 5.93. The van der Waals surface area contributed by atoms with Gasteiger partial charge in [-0.15, -0.1) is 0 Å². The van der Waals surface area contributed by atoms with Gasteiger partial charge >= 0.3 is 0 Å². The number of carbonyl (C=O) groups is 1. The van der Waals surface area contributed by atoms with Crippen LogP contribution in [0.4, 0.5) is 0 Å². The molecule has 1 aliphatic rings. The van der Waals surface area contributed by atoms with E-state index >= 15 is 0 Å². The molecule has 0 radical (unpaired) electrons. The maximum Gasteiger partial charge on any atom is 0.270 e. The van der Waals surface area contributed by atoms with Gasteiger partial charge in [-0.1, -0.05) is 18.7 Å². The van der Waals surface area contributed by atoms with Crippen molar-refractivity contribution in [2.75, 3.05) is 13.2 Å². The molecular weight excluding hydrogens is 404 g/mol. The number of aliphatic hydroxyl groups excluding tert-OH is 1. The summed E-state index contributed by atoms with van der Waals surface area (Å²) in [7, 11) is 1.75. The molecule has 0 unspecified atom stereocenters. The second-order valence-electron chi connectivity index (χ2n) is 8.06. The summed E-state index contributed by atoms with van der Waals surface area (Å²) >= 11 is 0. The van der Waals surface area contributed by atoms with E-state index in [0.717, 1.165) is 39.3 Å². The number of hydrogen-bond acceptors (Lipinski definition) is 4. The highest BCUT2D eigenvalue weighted by atomic mass is 16.5. The van der Waals surface area contributed by atoms with E-state index in [-0.39, 0.29) is 11.7 Å². The fourth-order valence-corrected chi connectivity index (χ4v) is 4.24. The first-order valence-corrected chi connectivity index (χ1v) is 10.5. The molecule has 32 heavy (non-hydrogen) atoms. The largest absolute Gasteiger partial charge is 0.506 e. The summed E-state index contributed by atoms with van der Waals surface area (Å²) in [5, 5.41) is 9.72. The molecule has 1 amide bonds. The second-order valence-corrected chi connectivity index (χ2v) is 8.06. The number of ether oxygens (including phenoxy) is 1. The standard InChI is InChI=1S/C25H24N4O3/c1-15(30)22-7-8-23(28(22)3)25(31)29-10-11-32-24-9-5-17(12-19(24)14-29)18-4-6-20-21(13-18)27-16(2)26-20/h4-9,12-13,30H,1,10-11,14H2,2-3H3,(H,26,27). The third-order valence-electron chi connectivity index (χ3n) is 5.90. The molecule has 2 N–H and O–H groups in total. The highest BCUT2D eigenvalue weighted by Gasteiger charge is 2.24. The first-order valence-electron chi connectivity index (χ1n) is 10.5. The van der Waals surface area contributed by atoms with E-state index in [9.17, 15) is 9.90 Å². The lowest BCUT2D eigenvalue weighted by molar-refractivity contribution is 0.0723. The van der Waals surface area contributed by atoms with Gasteiger partial charge in [-0.3, -0.25) is 4.79 Å². The molecule has 2 aromatic heterocycles. The zero-order valence-corrected chi connectivity index (χ0v) is 18.1. The molecule has 0 saturated heterocycles. The Kier molecular flexibility index (Phi) is 4.74. The van der Waals surface area contributed by atoms with Crippen molar-refractivity contribution >= 4 is 22.7 Å². The number of aliphatic hydroxyl groups is 1. The van der Waals surface area contributed by atoms with E-state index in [1.54, 1.807) is 28.6 Å². The maximum atomic E-state index is 13.2. The van der Waals surface area contributed by atoms with Crippen LogP contribution in [0.25, 0.3) is 27.9 Å². The lowest BCUT2D eigenvalue weighted by Crippen LogP contribution is -2.33. The average Bonchev–Trinajstić information content (AvgIpc) is 3.26. The molecule has 7 heteroatoms. The molecule has 0 aliphatic carbocycles. The summed E-state index contributed by atoms with van der Waals surface area (Å²) in [6, 6.07) is 15.6. The quantitative estimate of drug-likeness (QED) is 0.473. The van der Waals surface area contributed by atoms with Gasteiger partial charge in [0.05, 0.1) is 23.3 Å². The van der Waals surface area contributed by atoms with E-state index in [1.165, 1.54) is 0 Å². The van der Waals surface area contributed by atoms with Gasteiger partial charge in [-0.25, -0.2) is 4.98 Å². The summed E-state index contributed by atoms with van der Waals surface area (Å²) in [6.07, 6.45) is 0. The van der Waals surface area contributed by atoms with E-state index in [4.69, 9.17) is 4.74 Å². The minimum absolute atomic E-state index is 0.0647. The zero-order valence-electron chi connectivity index (χ0n) is 18.1. The Morgan fingerprint density at radius 2 is 1.88 bits per heavy atom. The van der Waals surface area contributed by atoms with Crippen molar-refractivity contribution in [3.63, 3.8) is 0 Å². The van der Waals surface area contributed by atoms with E-state index < -0.39 is 0 Å². The number of amides is 1. The third kappa shape index (κ3) is 3.41. The molecule has 1 aliphatic heterocycles. The third-order valence-corrected chi connectivity index (χ3v) is 5.90. The predicted molar refractivity (Wildman–Crippen MR) is 124 cm³/mol. The number of nitrogens with zero attached hydrogens (tertiary/aromatic N) is 3. The molecule has 0 fully saturated rings. The first-order chi connectivity index (χ1) is 15.4. The molecule has 3 heterocycles.